The Kier molecular flexibility index (Phi) is 3.42. The Hall–Kier alpha value is -1.55. The van der Waals surface area contributed by atoms with E-state index < -0.39 is 5.97 Å². The first-order valence-corrected chi connectivity index (χ1v) is 7.06. The van der Waals surface area contributed by atoms with E-state index in [1.165, 1.54) is 32.4 Å². The third-order valence-corrected chi connectivity index (χ3v) is 4.35. The van der Waals surface area contributed by atoms with Crippen LogP contribution in [-0.4, -0.2) is 48.2 Å². The molecule has 2 aliphatic rings. The van der Waals surface area contributed by atoms with Gasteiger partial charge in [0.05, 0.1) is 5.56 Å². The number of carbonyl (C=O) groups is 1. The van der Waals surface area contributed by atoms with Crippen molar-refractivity contribution in [2.24, 2.45) is 0 Å². The van der Waals surface area contributed by atoms with Crippen molar-refractivity contribution >= 4 is 11.7 Å². The van der Waals surface area contributed by atoms with Crippen molar-refractivity contribution in [2.45, 2.75) is 25.3 Å². The largest absolute Gasteiger partial charge is 0.478 e. The van der Waals surface area contributed by atoms with E-state index in [-0.39, 0.29) is 0 Å². The molecule has 2 fully saturated rings. The number of piperidine rings is 1. The van der Waals surface area contributed by atoms with Gasteiger partial charge in [0.15, 0.2) is 0 Å². The molecule has 0 bridgehead atoms. The summed E-state index contributed by atoms with van der Waals surface area (Å²) in [6.45, 7) is 4.71. The lowest BCUT2D eigenvalue weighted by atomic mass is 9.99. The molecule has 19 heavy (non-hydrogen) atoms. The van der Waals surface area contributed by atoms with Crippen LogP contribution < -0.4 is 4.90 Å². The second kappa shape index (κ2) is 5.21. The van der Waals surface area contributed by atoms with Gasteiger partial charge in [-0.1, -0.05) is 0 Å². The summed E-state index contributed by atoms with van der Waals surface area (Å²) in [5, 5.41) is 8.90. The molecule has 1 N–H and O–H groups in total. The quantitative estimate of drug-likeness (QED) is 0.903. The molecule has 0 unspecified atom stereocenters. The zero-order valence-electron chi connectivity index (χ0n) is 11.1. The highest BCUT2D eigenvalue weighted by Crippen LogP contribution is 2.25. The fourth-order valence-corrected chi connectivity index (χ4v) is 3.01. The van der Waals surface area contributed by atoms with Gasteiger partial charge in [-0.15, -0.1) is 0 Å². The lowest BCUT2D eigenvalue weighted by Gasteiger charge is -2.43. The van der Waals surface area contributed by atoms with Gasteiger partial charge in [-0.3, -0.25) is 0 Å². The zero-order chi connectivity index (χ0) is 13.2. The highest BCUT2D eigenvalue weighted by atomic mass is 16.4. The third-order valence-electron chi connectivity index (χ3n) is 4.35. The number of nitrogens with zero attached hydrogens (tertiary/aromatic N) is 2. The minimum atomic E-state index is -0.858. The molecule has 2 saturated heterocycles. The van der Waals surface area contributed by atoms with Crippen LogP contribution in [0.15, 0.2) is 24.3 Å². The Morgan fingerprint density at radius 1 is 1.05 bits per heavy atom. The first-order valence-electron chi connectivity index (χ1n) is 7.06. The molecule has 0 spiro atoms. The molecule has 1 aromatic rings. The minimum Gasteiger partial charge on any atom is -0.478 e. The van der Waals surface area contributed by atoms with Gasteiger partial charge in [0.2, 0.25) is 0 Å². The number of likely N-dealkylation sites (tertiary alicyclic amines) is 1. The number of carboxylic acids is 1. The summed E-state index contributed by atoms with van der Waals surface area (Å²) in [7, 11) is 0. The molecule has 2 heterocycles. The summed E-state index contributed by atoms with van der Waals surface area (Å²) in [6, 6.07) is 8.00. The Labute approximate surface area is 113 Å². The van der Waals surface area contributed by atoms with Crippen LogP contribution in [0, 0.1) is 0 Å². The van der Waals surface area contributed by atoms with E-state index in [0.717, 1.165) is 24.8 Å². The standard InChI is InChI=1S/C15H20N2O2/c18-15(19)12-2-4-13(5-3-12)17-10-6-14(7-11-17)16-8-1-9-16/h2-5,14H,1,6-11H2,(H,18,19). The van der Waals surface area contributed by atoms with Crippen molar-refractivity contribution in [3.63, 3.8) is 0 Å². The van der Waals surface area contributed by atoms with Gasteiger partial charge in [0, 0.05) is 24.8 Å². The van der Waals surface area contributed by atoms with E-state index in [0.29, 0.717) is 5.56 Å². The van der Waals surface area contributed by atoms with Crippen molar-refractivity contribution in [2.75, 3.05) is 31.1 Å². The molecule has 4 heteroatoms. The van der Waals surface area contributed by atoms with E-state index in [9.17, 15) is 4.79 Å². The third kappa shape index (κ3) is 2.59. The Morgan fingerprint density at radius 2 is 1.68 bits per heavy atom. The van der Waals surface area contributed by atoms with E-state index >= 15 is 0 Å². The summed E-state index contributed by atoms with van der Waals surface area (Å²) in [6.07, 6.45) is 3.80. The number of rotatable bonds is 3. The van der Waals surface area contributed by atoms with Gasteiger partial charge in [-0.2, -0.15) is 0 Å². The van der Waals surface area contributed by atoms with Gasteiger partial charge in [0.1, 0.15) is 0 Å². The van der Waals surface area contributed by atoms with Crippen LogP contribution in [0.25, 0.3) is 0 Å². The monoisotopic (exact) mass is 260 g/mol. The van der Waals surface area contributed by atoms with Gasteiger partial charge < -0.3 is 14.9 Å². The minimum absolute atomic E-state index is 0.360. The lowest BCUT2D eigenvalue weighted by Crippen LogP contribution is -2.50. The highest BCUT2D eigenvalue weighted by Gasteiger charge is 2.27. The molecule has 2 aliphatic heterocycles. The first kappa shape index (κ1) is 12.5. The van der Waals surface area contributed by atoms with Crippen LogP contribution in [-0.2, 0) is 0 Å². The Morgan fingerprint density at radius 3 is 2.16 bits per heavy atom. The number of carboxylic acid groups (broad SMARTS) is 1. The summed E-state index contributed by atoms with van der Waals surface area (Å²) in [4.78, 5) is 15.8. The number of hydrogen-bond donors (Lipinski definition) is 1. The average molecular weight is 260 g/mol. The molecule has 1 aromatic carbocycles. The molecule has 0 amide bonds. The van der Waals surface area contributed by atoms with E-state index in [1.54, 1.807) is 12.1 Å². The maximum atomic E-state index is 10.8. The highest BCUT2D eigenvalue weighted by molar-refractivity contribution is 5.88. The topological polar surface area (TPSA) is 43.8 Å². The lowest BCUT2D eigenvalue weighted by molar-refractivity contribution is 0.0697. The van der Waals surface area contributed by atoms with Crippen LogP contribution in [0.5, 0.6) is 0 Å². The molecule has 4 nitrogen and oxygen atoms in total. The number of aromatic carboxylic acids is 1. The smallest absolute Gasteiger partial charge is 0.335 e. The molecule has 0 aromatic heterocycles. The van der Waals surface area contributed by atoms with Gasteiger partial charge in [-0.05, 0) is 56.6 Å². The SMILES string of the molecule is O=C(O)c1ccc(N2CCC(N3CCC3)CC2)cc1. The second-order valence-electron chi connectivity index (χ2n) is 5.46. The number of anilines is 1. The fraction of sp³-hybridized carbons (Fsp3) is 0.533. The van der Waals surface area contributed by atoms with E-state index in [1.807, 2.05) is 12.1 Å². The molecule has 0 aliphatic carbocycles. The fourth-order valence-electron chi connectivity index (χ4n) is 3.01. The summed E-state index contributed by atoms with van der Waals surface area (Å²) in [5.74, 6) is -0.858. The Balaban J connectivity index is 1.59. The van der Waals surface area contributed by atoms with Crippen LogP contribution in [0.1, 0.15) is 29.6 Å². The molecular formula is C15H20N2O2. The number of hydrogen-bond acceptors (Lipinski definition) is 3. The normalized spacial score (nSPS) is 21.2. The summed E-state index contributed by atoms with van der Waals surface area (Å²) in [5.41, 5.74) is 1.51. The molecule has 0 saturated carbocycles. The van der Waals surface area contributed by atoms with E-state index in [2.05, 4.69) is 9.80 Å². The predicted molar refractivity (Wildman–Crippen MR) is 74.8 cm³/mol. The van der Waals surface area contributed by atoms with Crippen molar-refractivity contribution in [3.8, 4) is 0 Å². The molecule has 0 radical (unpaired) electrons. The van der Waals surface area contributed by atoms with Gasteiger partial charge in [-0.25, -0.2) is 4.79 Å². The maximum absolute atomic E-state index is 10.8. The van der Waals surface area contributed by atoms with Crippen LogP contribution in [0.4, 0.5) is 5.69 Å². The maximum Gasteiger partial charge on any atom is 0.335 e. The van der Waals surface area contributed by atoms with Crippen LogP contribution in [0.2, 0.25) is 0 Å². The first-order chi connectivity index (χ1) is 9.24. The Bertz CT molecular complexity index is 446. The van der Waals surface area contributed by atoms with Crippen LogP contribution in [0.3, 0.4) is 0 Å². The van der Waals surface area contributed by atoms with Crippen LogP contribution >= 0.6 is 0 Å². The van der Waals surface area contributed by atoms with Crippen molar-refractivity contribution in [1.29, 1.82) is 0 Å². The van der Waals surface area contributed by atoms with E-state index in [4.69, 9.17) is 5.11 Å². The molecule has 3 rings (SSSR count). The van der Waals surface area contributed by atoms with Crippen molar-refractivity contribution in [1.82, 2.24) is 4.90 Å². The number of benzene rings is 1. The molecule has 102 valence electrons. The van der Waals surface area contributed by atoms with Crippen molar-refractivity contribution < 1.29 is 9.90 Å². The van der Waals surface area contributed by atoms with Gasteiger partial charge >= 0.3 is 5.97 Å². The summed E-state index contributed by atoms with van der Waals surface area (Å²) >= 11 is 0. The van der Waals surface area contributed by atoms with Gasteiger partial charge in [0.25, 0.3) is 0 Å². The predicted octanol–water partition coefficient (Wildman–Crippen LogP) is 2.06. The second-order valence-corrected chi connectivity index (χ2v) is 5.46. The molecular weight excluding hydrogens is 240 g/mol. The summed E-state index contributed by atoms with van der Waals surface area (Å²) < 4.78 is 0. The zero-order valence-corrected chi connectivity index (χ0v) is 11.1. The average Bonchev–Trinajstić information content (AvgIpc) is 2.38. The molecule has 0 atom stereocenters. The van der Waals surface area contributed by atoms with Crippen molar-refractivity contribution in [3.05, 3.63) is 29.8 Å².